The molecule has 3 atom stereocenters. The molecule has 4 heteroatoms. The molecule has 1 N–H and O–H groups in total. The van der Waals surface area contributed by atoms with Crippen molar-refractivity contribution in [3.63, 3.8) is 0 Å². The number of nitrogens with one attached hydrogen (secondary N) is 1. The van der Waals surface area contributed by atoms with Gasteiger partial charge in [0, 0.05) is 17.8 Å². The molecule has 2 aliphatic heterocycles. The molecule has 3 unspecified atom stereocenters. The first-order valence-electron chi connectivity index (χ1n) is 6.47. The fraction of sp³-hybridized carbons (Fsp3) is 0.571. The van der Waals surface area contributed by atoms with Crippen molar-refractivity contribution >= 4 is 11.8 Å². The molecule has 2 aliphatic rings. The number of hydrogen-bond acceptors (Lipinski definition) is 4. The molecule has 1 saturated heterocycles. The Bertz CT molecular complexity index is 438. The van der Waals surface area contributed by atoms with E-state index in [1.807, 2.05) is 17.8 Å². The van der Waals surface area contributed by atoms with Gasteiger partial charge in [-0.05, 0) is 36.3 Å². The molecule has 0 amide bonds. The standard InChI is InChI=1S/C14H19NO2S/c1-9-6-18-7-12(9)15-10(2)11-3-4-13-14(5-11)17-8-16-13/h3-5,9-10,12,15H,6-8H2,1-2H3. The second-order valence-corrected chi connectivity index (χ2v) is 6.20. The second kappa shape index (κ2) is 5.02. The van der Waals surface area contributed by atoms with E-state index in [1.54, 1.807) is 0 Å². The maximum absolute atomic E-state index is 5.43. The summed E-state index contributed by atoms with van der Waals surface area (Å²) in [6, 6.07) is 7.19. The zero-order chi connectivity index (χ0) is 12.5. The van der Waals surface area contributed by atoms with E-state index in [1.165, 1.54) is 17.1 Å². The van der Waals surface area contributed by atoms with Gasteiger partial charge in [-0.25, -0.2) is 0 Å². The Morgan fingerprint density at radius 1 is 1.28 bits per heavy atom. The SMILES string of the molecule is CC(NC1CSCC1C)c1ccc2c(c1)OCO2. The quantitative estimate of drug-likeness (QED) is 0.910. The van der Waals surface area contributed by atoms with Gasteiger partial charge in [-0.15, -0.1) is 0 Å². The summed E-state index contributed by atoms with van der Waals surface area (Å²) in [6.45, 7) is 4.88. The largest absolute Gasteiger partial charge is 0.454 e. The zero-order valence-electron chi connectivity index (χ0n) is 10.8. The van der Waals surface area contributed by atoms with Gasteiger partial charge in [0.2, 0.25) is 6.79 Å². The van der Waals surface area contributed by atoms with Crippen LogP contribution in [-0.2, 0) is 0 Å². The lowest BCUT2D eigenvalue weighted by molar-refractivity contribution is 0.174. The average molecular weight is 265 g/mol. The van der Waals surface area contributed by atoms with Gasteiger partial charge in [0.25, 0.3) is 0 Å². The minimum absolute atomic E-state index is 0.344. The topological polar surface area (TPSA) is 30.5 Å². The van der Waals surface area contributed by atoms with Crippen LogP contribution < -0.4 is 14.8 Å². The van der Waals surface area contributed by atoms with Crippen molar-refractivity contribution in [3.8, 4) is 11.5 Å². The highest BCUT2D eigenvalue weighted by Crippen LogP contribution is 2.34. The summed E-state index contributed by atoms with van der Waals surface area (Å²) in [7, 11) is 0. The minimum Gasteiger partial charge on any atom is -0.454 e. The molecular weight excluding hydrogens is 246 g/mol. The van der Waals surface area contributed by atoms with Crippen LogP contribution in [0.2, 0.25) is 0 Å². The summed E-state index contributed by atoms with van der Waals surface area (Å²) in [4.78, 5) is 0. The molecule has 18 heavy (non-hydrogen) atoms. The van der Waals surface area contributed by atoms with E-state index >= 15 is 0 Å². The Labute approximate surface area is 112 Å². The van der Waals surface area contributed by atoms with Crippen molar-refractivity contribution in [2.24, 2.45) is 5.92 Å². The average Bonchev–Trinajstić information content (AvgIpc) is 2.98. The Kier molecular flexibility index (Phi) is 3.39. The number of hydrogen-bond donors (Lipinski definition) is 1. The Hall–Kier alpha value is -0.870. The van der Waals surface area contributed by atoms with Crippen molar-refractivity contribution in [1.82, 2.24) is 5.32 Å². The number of benzene rings is 1. The van der Waals surface area contributed by atoms with E-state index in [4.69, 9.17) is 9.47 Å². The van der Waals surface area contributed by atoms with Crippen LogP contribution in [0.15, 0.2) is 18.2 Å². The predicted octanol–water partition coefficient (Wildman–Crippen LogP) is 2.82. The van der Waals surface area contributed by atoms with Gasteiger partial charge in [0.15, 0.2) is 11.5 Å². The molecule has 1 aromatic rings. The molecular formula is C14H19NO2S. The molecule has 1 fully saturated rings. The molecule has 0 bridgehead atoms. The van der Waals surface area contributed by atoms with Crippen LogP contribution >= 0.6 is 11.8 Å². The van der Waals surface area contributed by atoms with Crippen LogP contribution in [0.1, 0.15) is 25.5 Å². The third kappa shape index (κ3) is 2.31. The van der Waals surface area contributed by atoms with E-state index in [-0.39, 0.29) is 0 Å². The maximum Gasteiger partial charge on any atom is 0.231 e. The Balaban J connectivity index is 1.70. The first-order valence-corrected chi connectivity index (χ1v) is 7.63. The predicted molar refractivity (Wildman–Crippen MR) is 74.4 cm³/mol. The van der Waals surface area contributed by atoms with Crippen LogP contribution in [0, 0.1) is 5.92 Å². The normalized spacial score (nSPS) is 27.4. The van der Waals surface area contributed by atoms with Crippen LogP contribution in [0.5, 0.6) is 11.5 Å². The van der Waals surface area contributed by atoms with Crippen LogP contribution in [-0.4, -0.2) is 24.3 Å². The van der Waals surface area contributed by atoms with Crippen LogP contribution in [0.25, 0.3) is 0 Å². The smallest absolute Gasteiger partial charge is 0.231 e. The first kappa shape index (κ1) is 12.2. The number of rotatable bonds is 3. The molecule has 0 aliphatic carbocycles. The molecule has 3 rings (SSSR count). The zero-order valence-corrected chi connectivity index (χ0v) is 11.6. The van der Waals surface area contributed by atoms with Gasteiger partial charge in [-0.2, -0.15) is 11.8 Å². The van der Waals surface area contributed by atoms with E-state index in [2.05, 4.69) is 31.3 Å². The van der Waals surface area contributed by atoms with E-state index in [0.717, 1.165) is 17.4 Å². The van der Waals surface area contributed by atoms with Crippen LogP contribution in [0.4, 0.5) is 0 Å². The van der Waals surface area contributed by atoms with Gasteiger partial charge in [0.1, 0.15) is 0 Å². The van der Waals surface area contributed by atoms with Crippen molar-refractivity contribution in [1.29, 1.82) is 0 Å². The van der Waals surface area contributed by atoms with Crippen LogP contribution in [0.3, 0.4) is 0 Å². The molecule has 0 radical (unpaired) electrons. The maximum atomic E-state index is 5.43. The summed E-state index contributed by atoms with van der Waals surface area (Å²) in [6.07, 6.45) is 0. The van der Waals surface area contributed by atoms with Gasteiger partial charge >= 0.3 is 0 Å². The summed E-state index contributed by atoms with van der Waals surface area (Å²) in [5, 5.41) is 3.72. The first-order chi connectivity index (χ1) is 8.74. The third-order valence-corrected chi connectivity index (χ3v) is 5.08. The third-order valence-electron chi connectivity index (χ3n) is 3.73. The summed E-state index contributed by atoms with van der Waals surface area (Å²) >= 11 is 2.04. The lowest BCUT2D eigenvalue weighted by Gasteiger charge is -2.22. The number of thioether (sulfide) groups is 1. The van der Waals surface area contributed by atoms with E-state index < -0.39 is 0 Å². The fourth-order valence-electron chi connectivity index (χ4n) is 2.47. The van der Waals surface area contributed by atoms with Gasteiger partial charge in [0.05, 0.1) is 0 Å². The molecule has 0 aromatic heterocycles. The van der Waals surface area contributed by atoms with Crippen molar-refractivity contribution in [2.75, 3.05) is 18.3 Å². The second-order valence-electron chi connectivity index (χ2n) is 5.12. The Morgan fingerprint density at radius 3 is 2.89 bits per heavy atom. The summed E-state index contributed by atoms with van der Waals surface area (Å²) < 4.78 is 10.8. The van der Waals surface area contributed by atoms with Gasteiger partial charge < -0.3 is 14.8 Å². The van der Waals surface area contributed by atoms with Gasteiger partial charge in [-0.1, -0.05) is 13.0 Å². The molecule has 2 heterocycles. The number of ether oxygens (including phenoxy) is 2. The van der Waals surface area contributed by atoms with E-state index in [0.29, 0.717) is 18.9 Å². The summed E-state index contributed by atoms with van der Waals surface area (Å²) in [5.74, 6) is 4.97. The monoisotopic (exact) mass is 265 g/mol. The van der Waals surface area contributed by atoms with Crippen molar-refractivity contribution < 1.29 is 9.47 Å². The lowest BCUT2D eigenvalue weighted by atomic mass is 10.0. The molecule has 3 nitrogen and oxygen atoms in total. The fourth-order valence-corrected chi connectivity index (χ4v) is 3.89. The molecule has 0 saturated carbocycles. The molecule has 0 spiro atoms. The minimum atomic E-state index is 0.344. The molecule has 98 valence electrons. The highest BCUT2D eigenvalue weighted by molar-refractivity contribution is 7.99. The Morgan fingerprint density at radius 2 is 2.11 bits per heavy atom. The van der Waals surface area contributed by atoms with Gasteiger partial charge in [-0.3, -0.25) is 0 Å². The van der Waals surface area contributed by atoms with Crippen molar-refractivity contribution in [2.45, 2.75) is 25.9 Å². The summed E-state index contributed by atoms with van der Waals surface area (Å²) in [5.41, 5.74) is 1.27. The highest BCUT2D eigenvalue weighted by atomic mass is 32.2. The molecule has 1 aromatic carbocycles. The number of fused-ring (bicyclic) bond motifs is 1. The highest BCUT2D eigenvalue weighted by Gasteiger charge is 2.25. The lowest BCUT2D eigenvalue weighted by Crippen LogP contribution is -2.35. The van der Waals surface area contributed by atoms with Crippen molar-refractivity contribution in [3.05, 3.63) is 23.8 Å². The van der Waals surface area contributed by atoms with E-state index in [9.17, 15) is 0 Å².